The largest absolute Gasteiger partial charge is 0.379 e. The van der Waals surface area contributed by atoms with Gasteiger partial charge in [-0.15, -0.1) is 0 Å². The highest BCUT2D eigenvalue weighted by molar-refractivity contribution is 7.97. The second kappa shape index (κ2) is 8.82. The van der Waals surface area contributed by atoms with Crippen LogP contribution in [0.15, 0.2) is 53.6 Å². The normalized spacial score (nSPS) is 18.0. The molecule has 4 heterocycles. The van der Waals surface area contributed by atoms with E-state index in [0.717, 1.165) is 60.8 Å². The maximum absolute atomic E-state index is 12.2. The van der Waals surface area contributed by atoms with E-state index in [1.165, 1.54) is 4.90 Å². The van der Waals surface area contributed by atoms with Gasteiger partial charge < -0.3 is 14.5 Å². The van der Waals surface area contributed by atoms with Gasteiger partial charge in [0.15, 0.2) is 0 Å². The van der Waals surface area contributed by atoms with E-state index in [2.05, 4.69) is 38.5 Å². The molecule has 7 nitrogen and oxygen atoms in total. The third-order valence-corrected chi connectivity index (χ3v) is 6.78. The van der Waals surface area contributed by atoms with Gasteiger partial charge in [0, 0.05) is 49.9 Å². The summed E-state index contributed by atoms with van der Waals surface area (Å²) in [6.45, 7) is 5.30. The second-order valence-electron chi connectivity index (χ2n) is 7.79. The van der Waals surface area contributed by atoms with Crippen molar-refractivity contribution in [1.82, 2.24) is 19.2 Å². The van der Waals surface area contributed by atoms with E-state index in [1.807, 2.05) is 25.2 Å². The first-order chi connectivity index (χ1) is 15.2. The summed E-state index contributed by atoms with van der Waals surface area (Å²) in [5.74, 6) is 0.125. The van der Waals surface area contributed by atoms with Crippen molar-refractivity contribution >= 4 is 34.6 Å². The average Bonchev–Trinajstić information content (AvgIpc) is 2.81. The van der Waals surface area contributed by atoms with Crippen LogP contribution in [0, 0.1) is 0 Å². The molecule has 5 rings (SSSR count). The van der Waals surface area contributed by atoms with Crippen molar-refractivity contribution in [2.45, 2.75) is 4.90 Å². The summed E-state index contributed by atoms with van der Waals surface area (Å²) < 4.78 is 7.78. The molecule has 1 amide bonds. The Kier molecular flexibility index (Phi) is 5.76. The number of ether oxygens (including phenoxy) is 1. The Hall–Kier alpha value is -2.68. The smallest absolute Gasteiger partial charge is 0.241 e. The first-order valence-corrected chi connectivity index (χ1v) is 11.3. The maximum Gasteiger partial charge on any atom is 0.241 e. The summed E-state index contributed by atoms with van der Waals surface area (Å²) in [5, 5.41) is 0. The lowest BCUT2D eigenvalue weighted by molar-refractivity contribution is -0.129. The van der Waals surface area contributed by atoms with Gasteiger partial charge in [-0.05, 0) is 42.3 Å². The van der Waals surface area contributed by atoms with Crippen LogP contribution in [0.4, 0.5) is 5.69 Å². The lowest BCUT2D eigenvalue weighted by Crippen LogP contribution is -2.48. The molecule has 160 valence electrons. The highest BCUT2D eigenvalue weighted by Gasteiger charge is 2.23. The molecule has 0 aliphatic carbocycles. The standard InChI is InChI=1S/C23H25N5O2S/c1-26-9-10-27(16-22(26)29)21-7-8-24-20-6-5-19(25-23(20)21)17-3-2-4-18(15-17)31-28-11-13-30-14-12-28/h2-8,15H,9-14,16H2,1H3. The van der Waals surface area contributed by atoms with E-state index < -0.39 is 0 Å². The molecular weight excluding hydrogens is 410 g/mol. The fraction of sp³-hybridized carbons (Fsp3) is 0.348. The zero-order valence-corrected chi connectivity index (χ0v) is 18.3. The van der Waals surface area contributed by atoms with Crippen LogP contribution in [-0.4, -0.2) is 78.1 Å². The van der Waals surface area contributed by atoms with E-state index in [0.29, 0.717) is 13.1 Å². The van der Waals surface area contributed by atoms with E-state index >= 15 is 0 Å². The van der Waals surface area contributed by atoms with Crippen LogP contribution in [0.3, 0.4) is 0 Å². The number of fused-ring (bicyclic) bond motifs is 1. The molecular formula is C23H25N5O2S. The van der Waals surface area contributed by atoms with Crippen LogP contribution in [0.1, 0.15) is 0 Å². The molecule has 0 N–H and O–H groups in total. The molecule has 2 aliphatic rings. The lowest BCUT2D eigenvalue weighted by atomic mass is 10.1. The van der Waals surface area contributed by atoms with Crippen molar-refractivity contribution in [2.24, 2.45) is 0 Å². The van der Waals surface area contributed by atoms with Crippen LogP contribution in [0.5, 0.6) is 0 Å². The Morgan fingerprint density at radius 3 is 2.74 bits per heavy atom. The van der Waals surface area contributed by atoms with Crippen molar-refractivity contribution in [3.63, 3.8) is 0 Å². The molecule has 2 fully saturated rings. The fourth-order valence-electron chi connectivity index (χ4n) is 3.89. The molecule has 8 heteroatoms. The first kappa shape index (κ1) is 20.2. The van der Waals surface area contributed by atoms with Crippen molar-refractivity contribution in [2.75, 3.05) is 57.9 Å². The number of amides is 1. The summed E-state index contributed by atoms with van der Waals surface area (Å²) in [7, 11) is 1.85. The Bertz CT molecular complexity index is 1100. The van der Waals surface area contributed by atoms with Crippen LogP contribution >= 0.6 is 11.9 Å². The number of nitrogens with zero attached hydrogens (tertiary/aromatic N) is 5. The molecule has 0 spiro atoms. The van der Waals surface area contributed by atoms with Crippen LogP contribution in [-0.2, 0) is 9.53 Å². The van der Waals surface area contributed by atoms with E-state index in [4.69, 9.17) is 9.72 Å². The van der Waals surface area contributed by atoms with E-state index in [9.17, 15) is 4.79 Å². The molecule has 0 atom stereocenters. The predicted molar refractivity (Wildman–Crippen MR) is 123 cm³/mol. The van der Waals surface area contributed by atoms with Gasteiger partial charge in [-0.25, -0.2) is 9.29 Å². The SMILES string of the molecule is CN1CCN(c2ccnc3ccc(-c4cccc(SN5CCOCC5)c4)nc23)CC1=O. The number of benzene rings is 1. The predicted octanol–water partition coefficient (Wildman–Crippen LogP) is 2.91. The van der Waals surface area contributed by atoms with E-state index in [1.54, 1.807) is 23.0 Å². The third kappa shape index (κ3) is 4.37. The second-order valence-corrected chi connectivity index (χ2v) is 8.96. The van der Waals surface area contributed by atoms with Gasteiger partial charge in [-0.2, -0.15) is 0 Å². The molecule has 31 heavy (non-hydrogen) atoms. The minimum Gasteiger partial charge on any atom is -0.379 e. The number of hydrogen-bond acceptors (Lipinski definition) is 7. The van der Waals surface area contributed by atoms with Crippen molar-refractivity contribution in [3.8, 4) is 11.3 Å². The summed E-state index contributed by atoms with van der Waals surface area (Å²) >= 11 is 1.77. The van der Waals surface area contributed by atoms with Gasteiger partial charge in [-0.1, -0.05) is 12.1 Å². The van der Waals surface area contributed by atoms with Crippen molar-refractivity contribution < 1.29 is 9.53 Å². The Balaban J connectivity index is 1.46. The molecule has 0 radical (unpaired) electrons. The minimum absolute atomic E-state index is 0.125. The zero-order valence-electron chi connectivity index (χ0n) is 17.5. The molecule has 0 saturated carbocycles. The number of likely N-dealkylation sites (N-methyl/N-ethyl adjacent to an activating group) is 1. The van der Waals surface area contributed by atoms with Gasteiger partial charge in [0.2, 0.25) is 5.91 Å². The number of carbonyl (C=O) groups is 1. The Morgan fingerprint density at radius 2 is 1.90 bits per heavy atom. The highest BCUT2D eigenvalue weighted by atomic mass is 32.2. The molecule has 1 aromatic carbocycles. The van der Waals surface area contributed by atoms with E-state index in [-0.39, 0.29) is 5.91 Å². The Labute approximate surface area is 186 Å². The van der Waals surface area contributed by atoms with Gasteiger partial charge >= 0.3 is 0 Å². The molecule has 2 aromatic heterocycles. The number of pyridine rings is 2. The van der Waals surface area contributed by atoms with Gasteiger partial charge in [0.25, 0.3) is 0 Å². The number of piperazine rings is 1. The summed E-state index contributed by atoms with van der Waals surface area (Å²) in [4.78, 5) is 26.8. The number of anilines is 1. The average molecular weight is 436 g/mol. The number of morpholine rings is 1. The Morgan fingerprint density at radius 1 is 1.03 bits per heavy atom. The first-order valence-electron chi connectivity index (χ1n) is 10.5. The maximum atomic E-state index is 12.2. The van der Waals surface area contributed by atoms with Crippen LogP contribution < -0.4 is 4.90 Å². The van der Waals surface area contributed by atoms with Crippen LogP contribution in [0.2, 0.25) is 0 Å². The van der Waals surface area contributed by atoms with Crippen molar-refractivity contribution in [1.29, 1.82) is 0 Å². The van der Waals surface area contributed by atoms with Gasteiger partial charge in [0.05, 0.1) is 36.7 Å². The number of aromatic nitrogens is 2. The highest BCUT2D eigenvalue weighted by Crippen LogP contribution is 2.31. The van der Waals surface area contributed by atoms with Crippen molar-refractivity contribution in [3.05, 3.63) is 48.7 Å². The third-order valence-electron chi connectivity index (χ3n) is 5.69. The summed E-state index contributed by atoms with van der Waals surface area (Å²) in [6.07, 6.45) is 1.79. The number of carbonyl (C=O) groups excluding carboxylic acids is 1. The van der Waals surface area contributed by atoms with Crippen LogP contribution in [0.25, 0.3) is 22.3 Å². The summed E-state index contributed by atoms with van der Waals surface area (Å²) in [6, 6.07) is 14.5. The molecule has 3 aromatic rings. The zero-order chi connectivity index (χ0) is 21.2. The monoisotopic (exact) mass is 435 g/mol. The molecule has 2 aliphatic heterocycles. The molecule has 0 bridgehead atoms. The topological polar surface area (TPSA) is 61.8 Å². The lowest BCUT2D eigenvalue weighted by Gasteiger charge is -2.33. The molecule has 0 unspecified atom stereocenters. The fourth-order valence-corrected chi connectivity index (χ4v) is 4.84. The number of rotatable bonds is 4. The molecule has 2 saturated heterocycles. The summed E-state index contributed by atoms with van der Waals surface area (Å²) in [5.41, 5.74) is 4.62. The van der Waals surface area contributed by atoms with Gasteiger partial charge in [-0.3, -0.25) is 9.78 Å². The minimum atomic E-state index is 0.125. The quantitative estimate of drug-likeness (QED) is 0.584. The number of hydrogen-bond donors (Lipinski definition) is 0. The van der Waals surface area contributed by atoms with Gasteiger partial charge in [0.1, 0.15) is 5.52 Å².